The number of halogens is 12. The van der Waals surface area contributed by atoms with Crippen LogP contribution in [0.25, 0.3) is 55.7 Å². The smallest absolute Gasteiger partial charge is 0.192 e. The molecule has 7 rings (SSSR count). The van der Waals surface area contributed by atoms with Gasteiger partial charge in [0, 0.05) is 11.1 Å². The third-order valence-electron chi connectivity index (χ3n) is 9.24. The zero-order chi connectivity index (χ0) is 39.1. The molecule has 0 amide bonds. The maximum Gasteiger partial charge on any atom is 0.426 e. The van der Waals surface area contributed by atoms with Crippen molar-refractivity contribution in [2.24, 2.45) is 0 Å². The Kier molecular flexibility index (Phi) is 8.11. The normalized spacial score (nSPS) is 15.4. The summed E-state index contributed by atoms with van der Waals surface area (Å²) in [6.07, 6.45) is -19.8. The van der Waals surface area contributed by atoms with Crippen LogP contribution < -0.4 is 0 Å². The van der Waals surface area contributed by atoms with E-state index in [1.807, 2.05) is 0 Å². The zero-order valence-electron chi connectivity index (χ0n) is 26.7. The molecule has 270 valence electrons. The minimum atomic E-state index is -5.21. The van der Waals surface area contributed by atoms with Crippen LogP contribution in [-0.4, -0.2) is 12.4 Å². The summed E-state index contributed by atoms with van der Waals surface area (Å²) in [4.78, 5) is 0. The molecule has 0 aromatic heterocycles. The van der Waals surface area contributed by atoms with Crippen LogP contribution in [0.4, 0.5) is 52.7 Å². The molecule has 5 aromatic carbocycles. The molecule has 0 bridgehead atoms. The van der Waals surface area contributed by atoms with Gasteiger partial charge in [-0.15, -0.1) is 0 Å². The Bertz CT molecular complexity index is 2350. The molecule has 0 spiro atoms. The molecule has 5 aromatic rings. The number of alkyl halides is 12. The summed E-state index contributed by atoms with van der Waals surface area (Å²) in [7, 11) is 0. The average Bonchev–Trinajstić information content (AvgIpc) is 3.59. The fourth-order valence-corrected chi connectivity index (χ4v) is 6.93. The molecule has 0 saturated heterocycles. The first kappa shape index (κ1) is 36.1. The summed E-state index contributed by atoms with van der Waals surface area (Å²) in [5.74, 6) is 0. The van der Waals surface area contributed by atoms with Crippen LogP contribution in [0, 0.1) is 22.7 Å². The number of hydrogen-bond acceptors (Lipinski definition) is 2. The van der Waals surface area contributed by atoms with Gasteiger partial charge >= 0.3 is 24.7 Å². The van der Waals surface area contributed by atoms with E-state index in [4.69, 9.17) is 0 Å². The van der Waals surface area contributed by atoms with E-state index in [1.165, 1.54) is 48.5 Å². The van der Waals surface area contributed by atoms with Crippen LogP contribution in [-0.2, 0) is 12.4 Å². The fourth-order valence-electron chi connectivity index (χ4n) is 6.93. The highest BCUT2D eigenvalue weighted by Crippen LogP contribution is 2.59. The SMILES string of the molecule is N#C/C(=C1/c2cc(-c3ccc(C(F)(F)F)cc3)ccc2-c2c1ccc1c2-c2ccc(-c3ccc(C(F)(F)F)cc3)cc2/C1=C(/C#N)C(F)(F)F)C(F)(F)F. The Morgan fingerprint density at radius 1 is 0.370 bits per heavy atom. The predicted octanol–water partition coefficient (Wildman–Crippen LogP) is 12.8. The van der Waals surface area contributed by atoms with E-state index in [2.05, 4.69) is 0 Å². The first-order valence-electron chi connectivity index (χ1n) is 15.5. The summed E-state index contributed by atoms with van der Waals surface area (Å²) < 4.78 is 166. The topological polar surface area (TPSA) is 47.6 Å². The Morgan fingerprint density at radius 2 is 0.667 bits per heavy atom. The molecular weight excluding hydrogens is 736 g/mol. The standard InChI is InChI=1S/C40H16F12N2/c41-37(42,43)23-7-1-19(2-8-23)21-5-11-25-29(15-21)33(31(17-53)39(47,48)49)27-13-14-28-34(32(18-54)40(50,51)52)30-16-22(6-12-26(30)36(28)35(25)27)20-3-9-24(10-4-20)38(44,45)46/h1-16H/b33-31-,34-32-. The van der Waals surface area contributed by atoms with Gasteiger partial charge < -0.3 is 0 Å². The second-order valence-electron chi connectivity index (χ2n) is 12.3. The van der Waals surface area contributed by atoms with Crippen LogP contribution >= 0.6 is 0 Å². The summed E-state index contributed by atoms with van der Waals surface area (Å²) in [5, 5.41) is 19.6. The molecule has 0 fully saturated rings. The summed E-state index contributed by atoms with van der Waals surface area (Å²) in [5.41, 5.74) is -6.24. The second kappa shape index (κ2) is 12.1. The van der Waals surface area contributed by atoms with Crippen molar-refractivity contribution in [1.82, 2.24) is 0 Å². The quantitative estimate of drug-likeness (QED) is 0.130. The molecule has 0 atom stereocenters. The zero-order valence-corrected chi connectivity index (χ0v) is 26.7. The van der Waals surface area contributed by atoms with Gasteiger partial charge in [0.2, 0.25) is 0 Å². The van der Waals surface area contributed by atoms with Gasteiger partial charge in [-0.2, -0.15) is 63.2 Å². The maximum atomic E-state index is 14.5. The molecule has 0 heterocycles. The number of allylic oxidation sites excluding steroid dienone is 2. The fraction of sp³-hybridized carbons (Fsp3) is 0.100. The third-order valence-corrected chi connectivity index (χ3v) is 9.24. The first-order valence-corrected chi connectivity index (χ1v) is 15.5. The minimum absolute atomic E-state index is 0.00598. The van der Waals surface area contributed by atoms with Gasteiger partial charge in [0.05, 0.1) is 11.1 Å². The third kappa shape index (κ3) is 5.88. The maximum absolute atomic E-state index is 14.5. The molecule has 2 nitrogen and oxygen atoms in total. The minimum Gasteiger partial charge on any atom is -0.192 e. The van der Waals surface area contributed by atoms with Crippen LogP contribution in [0.3, 0.4) is 0 Å². The highest BCUT2D eigenvalue weighted by atomic mass is 19.4. The van der Waals surface area contributed by atoms with Crippen molar-refractivity contribution in [1.29, 1.82) is 10.5 Å². The molecule has 0 saturated carbocycles. The molecule has 0 unspecified atom stereocenters. The molecular formula is C40H16F12N2. The van der Waals surface area contributed by atoms with E-state index in [0.29, 0.717) is 0 Å². The van der Waals surface area contributed by atoms with Gasteiger partial charge in [0.1, 0.15) is 23.3 Å². The Labute approximate surface area is 297 Å². The van der Waals surface area contributed by atoms with E-state index in [0.717, 1.165) is 60.7 Å². The number of nitriles is 2. The number of fused-ring (bicyclic) bond motifs is 7. The molecule has 2 aliphatic rings. The Hall–Kier alpha value is -6.28. The van der Waals surface area contributed by atoms with E-state index >= 15 is 0 Å². The summed E-state index contributed by atoms with van der Waals surface area (Å²) in [6.45, 7) is 0. The van der Waals surface area contributed by atoms with Crippen molar-refractivity contribution in [2.45, 2.75) is 24.7 Å². The number of hydrogen-bond donors (Lipinski definition) is 0. The lowest BCUT2D eigenvalue weighted by Gasteiger charge is -2.13. The molecule has 2 aliphatic carbocycles. The molecule has 14 heteroatoms. The average molecular weight is 753 g/mol. The van der Waals surface area contributed by atoms with Crippen LogP contribution in [0.1, 0.15) is 33.4 Å². The van der Waals surface area contributed by atoms with Gasteiger partial charge in [-0.3, -0.25) is 0 Å². The lowest BCUT2D eigenvalue weighted by Crippen LogP contribution is -2.13. The largest absolute Gasteiger partial charge is 0.426 e. The monoisotopic (exact) mass is 752 g/mol. The van der Waals surface area contributed by atoms with Crippen molar-refractivity contribution in [3.8, 4) is 56.6 Å². The number of rotatable bonds is 2. The number of benzene rings is 5. The molecule has 54 heavy (non-hydrogen) atoms. The van der Waals surface area contributed by atoms with Gasteiger partial charge in [0.25, 0.3) is 0 Å². The highest BCUT2D eigenvalue weighted by Gasteiger charge is 2.45. The van der Waals surface area contributed by atoms with Crippen molar-refractivity contribution >= 4 is 11.1 Å². The van der Waals surface area contributed by atoms with Gasteiger partial charge in [0.15, 0.2) is 0 Å². The van der Waals surface area contributed by atoms with Crippen LogP contribution in [0.2, 0.25) is 0 Å². The summed E-state index contributed by atoms with van der Waals surface area (Å²) >= 11 is 0. The van der Waals surface area contributed by atoms with E-state index in [-0.39, 0.29) is 66.8 Å². The van der Waals surface area contributed by atoms with Crippen molar-refractivity contribution in [3.05, 3.63) is 142 Å². The van der Waals surface area contributed by atoms with E-state index in [9.17, 15) is 63.2 Å². The van der Waals surface area contributed by atoms with Crippen LogP contribution in [0.5, 0.6) is 0 Å². The molecule has 0 aliphatic heterocycles. The van der Waals surface area contributed by atoms with E-state index in [1.54, 1.807) is 0 Å². The lowest BCUT2D eigenvalue weighted by molar-refractivity contribution is -0.138. The van der Waals surface area contributed by atoms with Gasteiger partial charge in [-0.1, -0.05) is 60.7 Å². The lowest BCUT2D eigenvalue weighted by atomic mass is 9.91. The van der Waals surface area contributed by atoms with Gasteiger partial charge in [-0.05, 0) is 103 Å². The van der Waals surface area contributed by atoms with Crippen molar-refractivity contribution in [3.63, 3.8) is 0 Å². The van der Waals surface area contributed by atoms with Crippen molar-refractivity contribution in [2.75, 3.05) is 0 Å². The van der Waals surface area contributed by atoms with Crippen LogP contribution in [0.15, 0.2) is 108 Å². The highest BCUT2D eigenvalue weighted by molar-refractivity contribution is 6.15. The van der Waals surface area contributed by atoms with E-state index < -0.39 is 58.1 Å². The number of nitrogens with zero attached hydrogens (tertiary/aromatic N) is 2. The summed E-state index contributed by atoms with van der Waals surface area (Å²) in [6, 6.07) is 20.2. The predicted molar refractivity (Wildman–Crippen MR) is 174 cm³/mol. The van der Waals surface area contributed by atoms with Gasteiger partial charge in [-0.25, -0.2) is 0 Å². The first-order chi connectivity index (χ1) is 25.2. The Morgan fingerprint density at radius 3 is 0.944 bits per heavy atom. The Balaban J connectivity index is 1.51. The second-order valence-corrected chi connectivity index (χ2v) is 12.3. The van der Waals surface area contributed by atoms with Crippen molar-refractivity contribution < 1.29 is 52.7 Å². The molecule has 0 N–H and O–H groups in total. The molecule has 0 radical (unpaired) electrons.